The average Bonchev–Trinajstić information content (AvgIpc) is 3.09. The first kappa shape index (κ1) is 50.2. The number of quaternary nitrogens is 1. The van der Waals surface area contributed by atoms with Crippen molar-refractivity contribution >= 4 is 13.8 Å². The smallest absolute Gasteiger partial charge is 0.457 e. The van der Waals surface area contributed by atoms with E-state index in [1.165, 1.54) is 44.9 Å². The summed E-state index contributed by atoms with van der Waals surface area (Å²) in [5.74, 6) is -0.337. The number of nitrogens with zero attached hydrogens (tertiary/aromatic N) is 1. The quantitative estimate of drug-likeness (QED) is 0.0222. The first-order valence-corrected chi connectivity index (χ1v) is 22.0. The summed E-state index contributed by atoms with van der Waals surface area (Å²) in [6.07, 6.45) is 43.9. The number of phosphoric acid groups is 1. The minimum Gasteiger partial charge on any atom is -0.457 e. The molecule has 0 radical (unpaired) electrons. The van der Waals surface area contributed by atoms with Crippen LogP contribution in [0.5, 0.6) is 0 Å². The van der Waals surface area contributed by atoms with Crippen LogP contribution in [0.4, 0.5) is 0 Å². The summed E-state index contributed by atoms with van der Waals surface area (Å²) < 4.78 is 34.9. The molecule has 0 rings (SSSR count). The SMILES string of the molecule is CC/C=C\C/C=C\C/C=C\C/C=C\CCCCCOCC(COP(=O)(O)OCC[N+](C)(C)C)OC(=O)CCCCCCC/C=C\CCCCCCC. The Hall–Kier alpha value is -1.80. The van der Waals surface area contributed by atoms with E-state index in [0.717, 1.165) is 83.5 Å². The Labute approximate surface area is 320 Å². The fourth-order valence-electron chi connectivity index (χ4n) is 5.12. The molecule has 0 bridgehead atoms. The van der Waals surface area contributed by atoms with E-state index in [1.54, 1.807) is 0 Å². The van der Waals surface area contributed by atoms with E-state index in [9.17, 15) is 14.3 Å². The largest absolute Gasteiger partial charge is 0.472 e. The number of hydrogen-bond donors (Lipinski definition) is 1. The fourth-order valence-corrected chi connectivity index (χ4v) is 5.87. The second kappa shape index (κ2) is 36.2. The number of rotatable bonds is 37. The van der Waals surface area contributed by atoms with Gasteiger partial charge in [-0.25, -0.2) is 4.57 Å². The molecule has 8 nitrogen and oxygen atoms in total. The fraction of sp³-hybridized carbons (Fsp3) is 0.744. The van der Waals surface area contributed by atoms with Gasteiger partial charge in [0.15, 0.2) is 0 Å². The highest BCUT2D eigenvalue weighted by Crippen LogP contribution is 2.43. The van der Waals surface area contributed by atoms with Gasteiger partial charge in [-0.1, -0.05) is 126 Å². The molecule has 2 atom stereocenters. The van der Waals surface area contributed by atoms with E-state index in [1.807, 2.05) is 21.1 Å². The Balaban J connectivity index is 4.36. The lowest BCUT2D eigenvalue weighted by atomic mass is 10.1. The molecule has 2 unspecified atom stereocenters. The number of phosphoric ester groups is 1. The Morgan fingerprint density at radius 2 is 1.12 bits per heavy atom. The molecule has 0 aliphatic heterocycles. The zero-order valence-electron chi connectivity index (χ0n) is 34.0. The van der Waals surface area contributed by atoms with Crippen molar-refractivity contribution in [2.45, 2.75) is 155 Å². The highest BCUT2D eigenvalue weighted by molar-refractivity contribution is 7.47. The number of unbranched alkanes of at least 4 members (excludes halogenated alkanes) is 13. The number of ether oxygens (including phenoxy) is 2. The first-order chi connectivity index (χ1) is 25.1. The normalized spacial score (nSPS) is 14.5. The van der Waals surface area contributed by atoms with Gasteiger partial charge in [0.25, 0.3) is 0 Å². The Kier molecular flexibility index (Phi) is 34.9. The van der Waals surface area contributed by atoms with Gasteiger partial charge in [-0.05, 0) is 77.0 Å². The van der Waals surface area contributed by atoms with Gasteiger partial charge in [0, 0.05) is 13.0 Å². The van der Waals surface area contributed by atoms with Crippen molar-refractivity contribution < 1.29 is 37.3 Å². The third-order valence-electron chi connectivity index (χ3n) is 8.31. The van der Waals surface area contributed by atoms with Crippen molar-refractivity contribution in [3.05, 3.63) is 60.8 Å². The molecule has 0 aliphatic carbocycles. The maximum atomic E-state index is 12.6. The van der Waals surface area contributed by atoms with Crippen LogP contribution < -0.4 is 0 Å². The van der Waals surface area contributed by atoms with Gasteiger partial charge in [0.05, 0.1) is 34.4 Å². The first-order valence-electron chi connectivity index (χ1n) is 20.5. The zero-order valence-corrected chi connectivity index (χ0v) is 34.9. The van der Waals surface area contributed by atoms with Gasteiger partial charge >= 0.3 is 13.8 Å². The molecule has 0 heterocycles. The van der Waals surface area contributed by atoms with Gasteiger partial charge in [0.1, 0.15) is 19.3 Å². The minimum atomic E-state index is -4.28. The van der Waals surface area contributed by atoms with E-state index in [-0.39, 0.29) is 25.8 Å². The topological polar surface area (TPSA) is 91.3 Å². The van der Waals surface area contributed by atoms with E-state index in [4.69, 9.17) is 18.5 Å². The molecular weight excluding hydrogens is 673 g/mol. The Morgan fingerprint density at radius 1 is 0.615 bits per heavy atom. The van der Waals surface area contributed by atoms with Crippen LogP contribution in [0.2, 0.25) is 0 Å². The molecule has 0 saturated heterocycles. The molecular formula is C43H79NO7P+. The van der Waals surface area contributed by atoms with Gasteiger partial charge < -0.3 is 18.9 Å². The standard InChI is InChI=1S/C43H78NO7P/c1-6-8-10-12-14-16-18-20-22-23-25-27-29-31-33-35-38-48-40-42(41-50-52(46,47)49-39-37-44(3,4)5)51-43(45)36-34-32-30-28-26-24-21-19-17-15-13-11-9-7-2/h8,10,14,16,19-22,25,27,42H,6-7,9,11-13,15,17-18,23-24,26,28-41H2,1-5H3/p+1/b10-8-,16-14-,21-19-,22-20-,27-25-. The lowest BCUT2D eigenvalue weighted by Crippen LogP contribution is -2.37. The zero-order chi connectivity index (χ0) is 38.4. The lowest BCUT2D eigenvalue weighted by molar-refractivity contribution is -0.870. The molecule has 0 aromatic rings. The summed E-state index contributed by atoms with van der Waals surface area (Å²) >= 11 is 0. The van der Waals surface area contributed by atoms with Gasteiger partial charge in [-0.2, -0.15) is 0 Å². The molecule has 0 amide bonds. The van der Waals surface area contributed by atoms with Crippen LogP contribution in [-0.2, 0) is 27.9 Å². The van der Waals surface area contributed by atoms with Crippen LogP contribution in [-0.4, -0.2) is 75.6 Å². The van der Waals surface area contributed by atoms with Crippen LogP contribution in [0.1, 0.15) is 149 Å². The summed E-state index contributed by atoms with van der Waals surface area (Å²) in [5.41, 5.74) is 0. The van der Waals surface area contributed by atoms with Crippen molar-refractivity contribution in [2.75, 3.05) is 54.1 Å². The summed E-state index contributed by atoms with van der Waals surface area (Å²) in [7, 11) is 1.63. The minimum absolute atomic E-state index is 0.0779. The molecule has 0 fully saturated rings. The molecule has 0 saturated carbocycles. The molecule has 302 valence electrons. The number of carbonyl (C=O) groups is 1. The van der Waals surface area contributed by atoms with E-state index >= 15 is 0 Å². The highest BCUT2D eigenvalue weighted by atomic mass is 31.2. The monoisotopic (exact) mass is 753 g/mol. The molecule has 0 spiro atoms. The second-order valence-corrected chi connectivity index (χ2v) is 16.1. The summed E-state index contributed by atoms with van der Waals surface area (Å²) in [5, 5.41) is 0. The van der Waals surface area contributed by atoms with E-state index in [0.29, 0.717) is 24.1 Å². The average molecular weight is 753 g/mol. The number of likely N-dealkylation sites (N-methyl/N-ethyl adjacent to an activating group) is 1. The summed E-state index contributed by atoms with van der Waals surface area (Å²) in [4.78, 5) is 22.8. The van der Waals surface area contributed by atoms with Crippen molar-refractivity contribution in [2.24, 2.45) is 0 Å². The predicted molar refractivity (Wildman–Crippen MR) is 219 cm³/mol. The maximum absolute atomic E-state index is 12.6. The van der Waals surface area contributed by atoms with Crippen LogP contribution in [0.15, 0.2) is 60.8 Å². The molecule has 0 aromatic carbocycles. The van der Waals surface area contributed by atoms with E-state index in [2.05, 4.69) is 74.6 Å². The highest BCUT2D eigenvalue weighted by Gasteiger charge is 2.26. The third-order valence-corrected chi connectivity index (χ3v) is 9.30. The summed E-state index contributed by atoms with van der Waals surface area (Å²) in [6.45, 7) is 5.39. The molecule has 9 heteroatoms. The number of carbonyl (C=O) groups excluding carboxylic acids is 1. The maximum Gasteiger partial charge on any atom is 0.472 e. The van der Waals surface area contributed by atoms with Crippen LogP contribution in [0, 0.1) is 0 Å². The van der Waals surface area contributed by atoms with Crippen molar-refractivity contribution in [1.82, 2.24) is 0 Å². The lowest BCUT2D eigenvalue weighted by Gasteiger charge is -2.24. The molecule has 52 heavy (non-hydrogen) atoms. The van der Waals surface area contributed by atoms with Gasteiger partial charge in [-0.15, -0.1) is 0 Å². The molecule has 1 N–H and O–H groups in total. The number of esters is 1. The Bertz CT molecular complexity index is 1020. The Morgan fingerprint density at radius 3 is 1.69 bits per heavy atom. The van der Waals surface area contributed by atoms with Crippen molar-refractivity contribution in [3.63, 3.8) is 0 Å². The van der Waals surface area contributed by atoms with Gasteiger partial charge in [0.2, 0.25) is 0 Å². The molecule has 0 aliphatic rings. The number of allylic oxidation sites excluding steroid dienone is 10. The number of hydrogen-bond acceptors (Lipinski definition) is 6. The third kappa shape index (κ3) is 39.4. The van der Waals surface area contributed by atoms with Crippen LogP contribution in [0.25, 0.3) is 0 Å². The van der Waals surface area contributed by atoms with Crippen LogP contribution >= 0.6 is 7.82 Å². The van der Waals surface area contributed by atoms with Crippen LogP contribution in [0.3, 0.4) is 0 Å². The van der Waals surface area contributed by atoms with Gasteiger partial charge in [-0.3, -0.25) is 13.8 Å². The van der Waals surface area contributed by atoms with Crippen molar-refractivity contribution in [1.29, 1.82) is 0 Å². The van der Waals surface area contributed by atoms with Crippen molar-refractivity contribution in [3.8, 4) is 0 Å². The molecule has 0 aromatic heterocycles. The predicted octanol–water partition coefficient (Wildman–Crippen LogP) is 11.8. The second-order valence-electron chi connectivity index (χ2n) is 14.6. The van der Waals surface area contributed by atoms with E-state index < -0.39 is 13.9 Å². The summed E-state index contributed by atoms with van der Waals surface area (Å²) in [6, 6.07) is 0.